The number of hydrogen-bond donors (Lipinski definition) is 1. The molecule has 2 heterocycles. The molecular formula is C17H22N4OS. The number of aromatic nitrogens is 1. The van der Waals surface area contributed by atoms with Gasteiger partial charge in [-0.15, -0.1) is 11.3 Å². The highest BCUT2D eigenvalue weighted by molar-refractivity contribution is 7.13. The molecule has 2 aromatic rings. The minimum absolute atomic E-state index is 0.0527. The van der Waals surface area contributed by atoms with Gasteiger partial charge in [0, 0.05) is 43.4 Å². The topological polar surface area (TPSA) is 48.5 Å². The second kappa shape index (κ2) is 7.57. The fourth-order valence-corrected chi connectivity index (χ4v) is 3.39. The zero-order chi connectivity index (χ0) is 16.1. The Hall–Kier alpha value is -1.92. The maximum Gasteiger partial charge on any atom is 0.238 e. The van der Waals surface area contributed by atoms with E-state index in [1.165, 1.54) is 5.56 Å². The minimum atomic E-state index is 0.0527. The molecule has 0 bridgehead atoms. The van der Waals surface area contributed by atoms with Gasteiger partial charge in [0.25, 0.3) is 0 Å². The van der Waals surface area contributed by atoms with Crippen molar-refractivity contribution in [2.24, 2.45) is 0 Å². The number of anilines is 2. The molecular weight excluding hydrogens is 308 g/mol. The number of nitrogens with zero attached hydrogens (tertiary/aromatic N) is 3. The zero-order valence-electron chi connectivity index (χ0n) is 13.4. The van der Waals surface area contributed by atoms with E-state index in [1.807, 2.05) is 23.7 Å². The van der Waals surface area contributed by atoms with E-state index in [9.17, 15) is 4.79 Å². The third kappa shape index (κ3) is 4.30. The molecule has 0 spiro atoms. The number of piperazine rings is 1. The van der Waals surface area contributed by atoms with Gasteiger partial charge in [-0.2, -0.15) is 0 Å². The molecule has 0 atom stereocenters. The molecule has 1 aromatic carbocycles. The van der Waals surface area contributed by atoms with E-state index in [2.05, 4.69) is 39.2 Å². The van der Waals surface area contributed by atoms with Crippen LogP contribution in [0.1, 0.15) is 12.5 Å². The van der Waals surface area contributed by atoms with Crippen LogP contribution in [0, 0.1) is 0 Å². The summed E-state index contributed by atoms with van der Waals surface area (Å²) in [7, 11) is 0. The molecule has 1 aromatic heterocycles. The summed E-state index contributed by atoms with van der Waals surface area (Å²) in [5, 5.41) is 6.05. The van der Waals surface area contributed by atoms with Crippen LogP contribution in [-0.4, -0.2) is 48.5 Å². The van der Waals surface area contributed by atoms with Gasteiger partial charge in [-0.1, -0.05) is 19.1 Å². The number of amides is 1. The Labute approximate surface area is 140 Å². The maximum absolute atomic E-state index is 12.2. The Bertz CT molecular complexity index is 619. The van der Waals surface area contributed by atoms with Crippen LogP contribution in [0.5, 0.6) is 0 Å². The molecule has 0 unspecified atom stereocenters. The lowest BCUT2D eigenvalue weighted by atomic mass is 10.1. The molecule has 23 heavy (non-hydrogen) atoms. The zero-order valence-corrected chi connectivity index (χ0v) is 14.2. The molecule has 3 rings (SSSR count). The maximum atomic E-state index is 12.2. The number of carbonyl (C=O) groups is 1. The normalized spacial score (nSPS) is 15.6. The highest BCUT2D eigenvalue weighted by atomic mass is 32.1. The summed E-state index contributed by atoms with van der Waals surface area (Å²) in [6.45, 7) is 6.20. The Morgan fingerprint density at radius 2 is 1.96 bits per heavy atom. The lowest BCUT2D eigenvalue weighted by molar-refractivity contribution is -0.117. The van der Waals surface area contributed by atoms with Crippen molar-refractivity contribution in [2.75, 3.05) is 42.9 Å². The van der Waals surface area contributed by atoms with Crippen molar-refractivity contribution in [3.63, 3.8) is 0 Å². The second-order valence-corrected chi connectivity index (χ2v) is 6.55. The number of hydrogen-bond acceptors (Lipinski definition) is 5. The van der Waals surface area contributed by atoms with Crippen molar-refractivity contribution >= 4 is 28.1 Å². The van der Waals surface area contributed by atoms with Gasteiger partial charge in [0.15, 0.2) is 5.13 Å². The number of nitrogens with one attached hydrogen (secondary N) is 1. The van der Waals surface area contributed by atoms with Gasteiger partial charge in [0.1, 0.15) is 0 Å². The number of aryl methyl sites for hydroxylation is 1. The Morgan fingerprint density at radius 1 is 1.22 bits per heavy atom. The Balaban J connectivity index is 1.45. The van der Waals surface area contributed by atoms with Crippen LogP contribution in [0.3, 0.4) is 0 Å². The van der Waals surface area contributed by atoms with Gasteiger partial charge in [-0.25, -0.2) is 4.98 Å². The number of benzene rings is 1. The Morgan fingerprint density at radius 3 is 2.57 bits per heavy atom. The monoisotopic (exact) mass is 330 g/mol. The standard InChI is InChI=1S/C17H22N4OS/c1-2-14-3-5-15(6-4-14)19-16(22)13-20-8-10-21(11-9-20)17-18-7-12-23-17/h3-7,12H,2,8-11,13H2,1H3,(H,19,22). The van der Waals surface area contributed by atoms with Crippen molar-refractivity contribution in [3.8, 4) is 0 Å². The highest BCUT2D eigenvalue weighted by Crippen LogP contribution is 2.18. The lowest BCUT2D eigenvalue weighted by Crippen LogP contribution is -2.48. The largest absolute Gasteiger partial charge is 0.346 e. The van der Waals surface area contributed by atoms with Crippen LogP contribution < -0.4 is 10.2 Å². The van der Waals surface area contributed by atoms with Gasteiger partial charge in [0.05, 0.1) is 6.54 Å². The fraction of sp³-hybridized carbons (Fsp3) is 0.412. The van der Waals surface area contributed by atoms with E-state index in [0.29, 0.717) is 6.54 Å². The predicted molar refractivity (Wildman–Crippen MR) is 95.2 cm³/mol. The minimum Gasteiger partial charge on any atom is -0.346 e. The molecule has 1 saturated heterocycles. The molecule has 0 saturated carbocycles. The summed E-state index contributed by atoms with van der Waals surface area (Å²) in [5.41, 5.74) is 2.15. The molecule has 0 aliphatic carbocycles. The van der Waals surface area contributed by atoms with Crippen molar-refractivity contribution in [2.45, 2.75) is 13.3 Å². The van der Waals surface area contributed by atoms with Gasteiger partial charge in [-0.3, -0.25) is 9.69 Å². The van der Waals surface area contributed by atoms with E-state index < -0.39 is 0 Å². The smallest absolute Gasteiger partial charge is 0.238 e. The van der Waals surface area contributed by atoms with Gasteiger partial charge in [-0.05, 0) is 24.1 Å². The number of carbonyl (C=O) groups excluding carboxylic acids is 1. The first-order chi connectivity index (χ1) is 11.2. The van der Waals surface area contributed by atoms with Crippen LogP contribution >= 0.6 is 11.3 Å². The third-order valence-electron chi connectivity index (χ3n) is 4.08. The fourth-order valence-electron chi connectivity index (χ4n) is 2.70. The SMILES string of the molecule is CCc1ccc(NC(=O)CN2CCN(c3nccs3)CC2)cc1. The van der Waals surface area contributed by atoms with E-state index in [-0.39, 0.29) is 5.91 Å². The van der Waals surface area contributed by atoms with Crippen LogP contribution in [-0.2, 0) is 11.2 Å². The molecule has 1 aliphatic rings. The lowest BCUT2D eigenvalue weighted by Gasteiger charge is -2.34. The molecule has 5 nitrogen and oxygen atoms in total. The summed E-state index contributed by atoms with van der Waals surface area (Å²) >= 11 is 1.67. The Kier molecular flexibility index (Phi) is 5.25. The van der Waals surface area contributed by atoms with Crippen molar-refractivity contribution < 1.29 is 4.79 Å². The summed E-state index contributed by atoms with van der Waals surface area (Å²) < 4.78 is 0. The van der Waals surface area contributed by atoms with Crippen LogP contribution in [0.15, 0.2) is 35.8 Å². The first-order valence-electron chi connectivity index (χ1n) is 8.00. The quantitative estimate of drug-likeness (QED) is 0.915. The molecule has 1 aliphatic heterocycles. The highest BCUT2D eigenvalue weighted by Gasteiger charge is 2.20. The average Bonchev–Trinajstić information content (AvgIpc) is 3.11. The van der Waals surface area contributed by atoms with Gasteiger partial charge < -0.3 is 10.2 Å². The number of rotatable bonds is 5. The summed E-state index contributed by atoms with van der Waals surface area (Å²) in [5.74, 6) is 0.0527. The summed E-state index contributed by atoms with van der Waals surface area (Å²) in [4.78, 5) is 21.0. The first kappa shape index (κ1) is 16.0. The molecule has 1 amide bonds. The van der Waals surface area contributed by atoms with E-state index in [1.54, 1.807) is 11.3 Å². The number of thiazole rings is 1. The second-order valence-electron chi connectivity index (χ2n) is 5.68. The van der Waals surface area contributed by atoms with E-state index in [0.717, 1.165) is 43.4 Å². The third-order valence-corrected chi connectivity index (χ3v) is 4.91. The van der Waals surface area contributed by atoms with E-state index >= 15 is 0 Å². The molecule has 6 heteroatoms. The van der Waals surface area contributed by atoms with Gasteiger partial charge in [0.2, 0.25) is 5.91 Å². The molecule has 0 radical (unpaired) electrons. The van der Waals surface area contributed by atoms with Gasteiger partial charge >= 0.3 is 0 Å². The molecule has 122 valence electrons. The average molecular weight is 330 g/mol. The van der Waals surface area contributed by atoms with Crippen LogP contribution in [0.4, 0.5) is 10.8 Å². The van der Waals surface area contributed by atoms with Crippen molar-refractivity contribution in [1.82, 2.24) is 9.88 Å². The first-order valence-corrected chi connectivity index (χ1v) is 8.88. The molecule has 1 fully saturated rings. The van der Waals surface area contributed by atoms with E-state index in [4.69, 9.17) is 0 Å². The van der Waals surface area contributed by atoms with Crippen molar-refractivity contribution in [3.05, 3.63) is 41.4 Å². The molecule has 1 N–H and O–H groups in total. The summed E-state index contributed by atoms with van der Waals surface area (Å²) in [6, 6.07) is 8.05. The van der Waals surface area contributed by atoms with Crippen LogP contribution in [0.2, 0.25) is 0 Å². The van der Waals surface area contributed by atoms with Crippen LogP contribution in [0.25, 0.3) is 0 Å². The van der Waals surface area contributed by atoms with Crippen molar-refractivity contribution in [1.29, 1.82) is 0 Å². The predicted octanol–water partition coefficient (Wildman–Crippen LogP) is 2.47. The summed E-state index contributed by atoms with van der Waals surface area (Å²) in [6.07, 6.45) is 2.85.